The van der Waals surface area contributed by atoms with E-state index < -0.39 is 22.5 Å². The number of aliphatic carboxylic acids is 1. The molecule has 7 heteroatoms. The van der Waals surface area contributed by atoms with Crippen LogP contribution in [0.5, 0.6) is 0 Å². The lowest BCUT2D eigenvalue weighted by Gasteiger charge is -2.19. The molecule has 19 heavy (non-hydrogen) atoms. The summed E-state index contributed by atoms with van der Waals surface area (Å²) in [7, 11) is 1.11. The van der Waals surface area contributed by atoms with Gasteiger partial charge in [0, 0.05) is 26.8 Å². The molecule has 0 amide bonds. The van der Waals surface area contributed by atoms with Crippen molar-refractivity contribution in [3.8, 4) is 0 Å². The Hall–Kier alpha value is -1.60. The molecule has 0 unspecified atom stereocenters. The van der Waals surface area contributed by atoms with E-state index in [1.54, 1.807) is 12.1 Å². The summed E-state index contributed by atoms with van der Waals surface area (Å²) in [5, 5.41) is 8.67. The molecule has 0 spiro atoms. The molecule has 0 aliphatic carbocycles. The molecular formula is C12H18N2O4S. The topological polar surface area (TPSA) is 77.9 Å². The Kier molecular flexibility index (Phi) is 4.54. The first-order chi connectivity index (χ1) is 8.66. The summed E-state index contributed by atoms with van der Waals surface area (Å²) in [5.74, 6) is -1.19. The van der Waals surface area contributed by atoms with Gasteiger partial charge in [-0.05, 0) is 24.6 Å². The highest BCUT2D eigenvalue weighted by molar-refractivity contribution is 7.89. The van der Waals surface area contributed by atoms with Crippen molar-refractivity contribution in [1.82, 2.24) is 4.31 Å². The molecule has 0 radical (unpaired) electrons. The van der Waals surface area contributed by atoms with Gasteiger partial charge in [-0.1, -0.05) is 6.07 Å². The highest BCUT2D eigenvalue weighted by Crippen LogP contribution is 2.24. The summed E-state index contributed by atoms with van der Waals surface area (Å²) in [6.07, 6.45) is 0. The predicted octanol–water partition coefficient (Wildman–Crippen LogP) is 0.766. The van der Waals surface area contributed by atoms with Gasteiger partial charge < -0.3 is 10.0 Å². The van der Waals surface area contributed by atoms with E-state index in [0.29, 0.717) is 0 Å². The number of aryl methyl sites for hydroxylation is 1. The van der Waals surface area contributed by atoms with Crippen molar-refractivity contribution >= 4 is 21.7 Å². The molecule has 0 aliphatic rings. The maximum absolute atomic E-state index is 12.2. The van der Waals surface area contributed by atoms with Crippen LogP contribution in [0.1, 0.15) is 5.56 Å². The minimum Gasteiger partial charge on any atom is -0.480 e. The average Bonchev–Trinajstić information content (AvgIpc) is 2.27. The Labute approximate surface area is 113 Å². The van der Waals surface area contributed by atoms with Crippen LogP contribution in [0, 0.1) is 6.92 Å². The first-order valence-corrected chi connectivity index (χ1v) is 7.06. The zero-order valence-electron chi connectivity index (χ0n) is 11.4. The number of nitrogens with zero attached hydrogens (tertiary/aromatic N) is 2. The lowest BCUT2D eigenvalue weighted by atomic mass is 10.2. The Bertz CT molecular complexity index is 581. The number of carbonyl (C=O) groups is 1. The first kappa shape index (κ1) is 15.5. The molecule has 0 fully saturated rings. The van der Waals surface area contributed by atoms with Crippen LogP contribution in [0.25, 0.3) is 0 Å². The third kappa shape index (κ3) is 3.45. The number of anilines is 1. The van der Waals surface area contributed by atoms with E-state index >= 15 is 0 Å². The second-order valence-electron chi connectivity index (χ2n) is 4.50. The molecule has 1 rings (SSSR count). The van der Waals surface area contributed by atoms with Crippen molar-refractivity contribution in [3.63, 3.8) is 0 Å². The number of sulfonamides is 1. The van der Waals surface area contributed by atoms with Crippen LogP contribution in [-0.2, 0) is 14.8 Å². The summed E-state index contributed by atoms with van der Waals surface area (Å²) in [5.41, 5.74) is 1.73. The van der Waals surface area contributed by atoms with E-state index in [4.69, 9.17) is 5.11 Å². The monoisotopic (exact) mass is 286 g/mol. The predicted molar refractivity (Wildman–Crippen MR) is 73.0 cm³/mol. The molecule has 6 nitrogen and oxygen atoms in total. The highest BCUT2D eigenvalue weighted by Gasteiger charge is 2.23. The van der Waals surface area contributed by atoms with Crippen LogP contribution in [0.2, 0.25) is 0 Å². The molecule has 0 bridgehead atoms. The van der Waals surface area contributed by atoms with Gasteiger partial charge in [0.1, 0.15) is 6.54 Å². The van der Waals surface area contributed by atoms with E-state index in [-0.39, 0.29) is 4.90 Å². The van der Waals surface area contributed by atoms with Gasteiger partial charge in [0.2, 0.25) is 10.0 Å². The number of rotatable bonds is 5. The van der Waals surface area contributed by atoms with Crippen LogP contribution >= 0.6 is 0 Å². The van der Waals surface area contributed by atoms with Crippen molar-refractivity contribution in [3.05, 3.63) is 23.8 Å². The van der Waals surface area contributed by atoms with Crippen molar-refractivity contribution in [1.29, 1.82) is 0 Å². The van der Waals surface area contributed by atoms with Crippen molar-refractivity contribution in [2.24, 2.45) is 0 Å². The largest absolute Gasteiger partial charge is 0.480 e. The standard InChI is InChI=1S/C12H18N2O4S/c1-9-5-6-10(7-11(9)13(2)3)19(17,18)14(4)8-12(15)16/h5-7H,8H2,1-4H3,(H,15,16). The summed E-state index contributed by atoms with van der Waals surface area (Å²) >= 11 is 0. The van der Waals surface area contributed by atoms with E-state index in [1.165, 1.54) is 13.1 Å². The number of hydrogen-bond acceptors (Lipinski definition) is 4. The van der Waals surface area contributed by atoms with Gasteiger partial charge in [-0.15, -0.1) is 0 Å². The highest BCUT2D eigenvalue weighted by atomic mass is 32.2. The van der Waals surface area contributed by atoms with E-state index in [1.807, 2.05) is 25.9 Å². The van der Waals surface area contributed by atoms with Crippen LogP contribution in [0.15, 0.2) is 23.1 Å². The van der Waals surface area contributed by atoms with E-state index in [9.17, 15) is 13.2 Å². The Morgan fingerprint density at radius 3 is 2.32 bits per heavy atom. The molecule has 106 valence electrons. The van der Waals surface area contributed by atoms with Crippen molar-refractivity contribution < 1.29 is 18.3 Å². The molecule has 0 aromatic heterocycles. The fourth-order valence-electron chi connectivity index (χ4n) is 1.69. The van der Waals surface area contributed by atoms with Gasteiger partial charge in [0.05, 0.1) is 4.90 Å². The summed E-state index contributed by atoms with van der Waals surface area (Å²) in [6.45, 7) is 1.32. The number of benzene rings is 1. The lowest BCUT2D eigenvalue weighted by Crippen LogP contribution is -2.32. The number of carboxylic acid groups (broad SMARTS) is 1. The SMILES string of the molecule is Cc1ccc(S(=O)(=O)N(C)CC(=O)O)cc1N(C)C. The maximum atomic E-state index is 12.2. The first-order valence-electron chi connectivity index (χ1n) is 5.62. The Balaban J connectivity index is 3.22. The number of carboxylic acids is 1. The average molecular weight is 286 g/mol. The third-order valence-electron chi connectivity index (χ3n) is 2.73. The van der Waals surface area contributed by atoms with Crippen molar-refractivity contribution in [2.75, 3.05) is 32.6 Å². The molecular weight excluding hydrogens is 268 g/mol. The minimum atomic E-state index is -3.78. The number of likely N-dealkylation sites (N-methyl/N-ethyl adjacent to an activating group) is 1. The normalized spacial score (nSPS) is 11.6. The van der Waals surface area contributed by atoms with Crippen LogP contribution in [-0.4, -0.2) is 51.5 Å². The molecule has 0 aliphatic heterocycles. The molecule has 0 atom stereocenters. The van der Waals surface area contributed by atoms with Gasteiger partial charge in [-0.3, -0.25) is 4.79 Å². The summed E-state index contributed by atoms with van der Waals surface area (Å²) in [4.78, 5) is 12.5. The maximum Gasteiger partial charge on any atom is 0.318 e. The van der Waals surface area contributed by atoms with Gasteiger partial charge in [0.15, 0.2) is 0 Å². The van der Waals surface area contributed by atoms with Gasteiger partial charge in [-0.25, -0.2) is 8.42 Å². The minimum absolute atomic E-state index is 0.0885. The summed E-state index contributed by atoms with van der Waals surface area (Å²) in [6, 6.07) is 4.73. The van der Waals surface area contributed by atoms with Crippen LogP contribution in [0.3, 0.4) is 0 Å². The molecule has 1 aromatic carbocycles. The van der Waals surface area contributed by atoms with Gasteiger partial charge in [0.25, 0.3) is 0 Å². The van der Waals surface area contributed by atoms with Crippen LogP contribution < -0.4 is 4.90 Å². The Morgan fingerprint density at radius 1 is 1.26 bits per heavy atom. The van der Waals surface area contributed by atoms with Gasteiger partial charge in [-0.2, -0.15) is 4.31 Å². The fraction of sp³-hybridized carbons (Fsp3) is 0.417. The summed E-state index contributed by atoms with van der Waals surface area (Å²) < 4.78 is 25.2. The molecule has 0 heterocycles. The zero-order chi connectivity index (χ0) is 14.8. The number of hydrogen-bond donors (Lipinski definition) is 1. The second kappa shape index (κ2) is 5.58. The van der Waals surface area contributed by atoms with E-state index in [2.05, 4.69) is 0 Å². The molecule has 1 N–H and O–H groups in total. The van der Waals surface area contributed by atoms with Crippen molar-refractivity contribution in [2.45, 2.75) is 11.8 Å². The van der Waals surface area contributed by atoms with Crippen LogP contribution in [0.4, 0.5) is 5.69 Å². The zero-order valence-corrected chi connectivity index (χ0v) is 12.2. The molecule has 1 aromatic rings. The fourth-order valence-corrected chi connectivity index (χ4v) is 2.83. The third-order valence-corrected chi connectivity index (χ3v) is 4.53. The second-order valence-corrected chi connectivity index (χ2v) is 6.54. The molecule has 0 saturated carbocycles. The smallest absolute Gasteiger partial charge is 0.318 e. The van der Waals surface area contributed by atoms with E-state index in [0.717, 1.165) is 15.6 Å². The Morgan fingerprint density at radius 2 is 1.84 bits per heavy atom. The quantitative estimate of drug-likeness (QED) is 0.865. The lowest BCUT2D eigenvalue weighted by molar-refractivity contribution is -0.137. The molecule has 0 saturated heterocycles. The van der Waals surface area contributed by atoms with Gasteiger partial charge >= 0.3 is 5.97 Å².